The summed E-state index contributed by atoms with van der Waals surface area (Å²) in [6.07, 6.45) is 1.52. The van der Waals surface area contributed by atoms with Crippen LogP contribution in [0.15, 0.2) is 23.9 Å². The number of hydrogen-bond donors (Lipinski definition) is 2. The molecule has 3 heteroatoms. The van der Waals surface area contributed by atoms with Crippen molar-refractivity contribution >= 4 is 5.91 Å². The van der Waals surface area contributed by atoms with Crippen molar-refractivity contribution in [2.24, 2.45) is 0 Å². The van der Waals surface area contributed by atoms with Crippen LogP contribution in [0.2, 0.25) is 0 Å². The molecule has 11 heavy (non-hydrogen) atoms. The lowest BCUT2D eigenvalue weighted by molar-refractivity contribution is -0.118. The molecule has 2 N–H and O–H groups in total. The van der Waals surface area contributed by atoms with Crippen LogP contribution >= 0.6 is 0 Å². The van der Waals surface area contributed by atoms with Gasteiger partial charge < -0.3 is 10.4 Å². The molecule has 0 saturated heterocycles. The van der Waals surface area contributed by atoms with Gasteiger partial charge in [0.15, 0.2) is 0 Å². The molecule has 0 aromatic heterocycles. The molecule has 0 saturated carbocycles. The highest BCUT2D eigenvalue weighted by Crippen LogP contribution is 1.99. The van der Waals surface area contributed by atoms with Gasteiger partial charge in [0.25, 0.3) is 0 Å². The second-order valence-electron chi connectivity index (χ2n) is 2.19. The molecule has 0 spiro atoms. The zero-order valence-corrected chi connectivity index (χ0v) is 6.85. The van der Waals surface area contributed by atoms with E-state index in [1.165, 1.54) is 13.0 Å². The van der Waals surface area contributed by atoms with Crippen LogP contribution in [-0.2, 0) is 4.79 Å². The Morgan fingerprint density at radius 3 is 2.45 bits per heavy atom. The number of amides is 1. The first kappa shape index (κ1) is 9.91. The maximum Gasteiger partial charge on any atom is 0.220 e. The van der Waals surface area contributed by atoms with Gasteiger partial charge in [-0.05, 0) is 12.5 Å². The number of hydrogen-bond acceptors (Lipinski definition) is 2. The van der Waals surface area contributed by atoms with Crippen molar-refractivity contribution in [3.63, 3.8) is 0 Å². The number of aliphatic hydroxyl groups excluding tert-OH is 1. The molecule has 0 aromatic rings. The zero-order chi connectivity index (χ0) is 8.85. The summed E-state index contributed by atoms with van der Waals surface area (Å²) in [4.78, 5) is 10.5. The van der Waals surface area contributed by atoms with Gasteiger partial charge in [0.2, 0.25) is 5.91 Å². The zero-order valence-electron chi connectivity index (χ0n) is 6.85. The number of carbonyl (C=O) groups is 1. The Balaban J connectivity index is 4.35. The van der Waals surface area contributed by atoms with Gasteiger partial charge in [0.05, 0.1) is 6.61 Å². The van der Waals surface area contributed by atoms with Crippen molar-refractivity contribution in [2.45, 2.75) is 13.8 Å². The molecule has 0 fully saturated rings. The minimum atomic E-state index is -0.143. The van der Waals surface area contributed by atoms with Gasteiger partial charge in [0.1, 0.15) is 0 Å². The van der Waals surface area contributed by atoms with Gasteiger partial charge in [-0.1, -0.05) is 12.7 Å². The van der Waals surface area contributed by atoms with Crippen molar-refractivity contribution in [2.75, 3.05) is 6.61 Å². The van der Waals surface area contributed by atoms with E-state index in [4.69, 9.17) is 5.11 Å². The van der Waals surface area contributed by atoms with E-state index in [2.05, 4.69) is 11.9 Å². The van der Waals surface area contributed by atoms with E-state index < -0.39 is 0 Å². The molecule has 62 valence electrons. The summed E-state index contributed by atoms with van der Waals surface area (Å²) >= 11 is 0. The number of carbonyl (C=O) groups excluding carboxylic acids is 1. The van der Waals surface area contributed by atoms with E-state index in [0.29, 0.717) is 11.3 Å². The third-order valence-corrected chi connectivity index (χ3v) is 1.26. The lowest BCUT2D eigenvalue weighted by Crippen LogP contribution is -2.19. The normalized spacial score (nSPS) is 11.9. The first-order valence-corrected chi connectivity index (χ1v) is 3.32. The maximum atomic E-state index is 10.5. The monoisotopic (exact) mass is 155 g/mol. The van der Waals surface area contributed by atoms with E-state index in [1.54, 1.807) is 6.92 Å². The summed E-state index contributed by atoms with van der Waals surface area (Å²) in [6, 6.07) is 0. The Bertz CT molecular complexity index is 194. The van der Waals surface area contributed by atoms with Crippen molar-refractivity contribution in [1.82, 2.24) is 5.32 Å². The topological polar surface area (TPSA) is 49.3 Å². The Kier molecular flexibility index (Phi) is 4.22. The minimum Gasteiger partial charge on any atom is -0.392 e. The molecule has 0 radical (unpaired) electrons. The lowest BCUT2D eigenvalue weighted by atomic mass is 10.2. The number of aliphatic hydroxyl groups is 1. The third-order valence-electron chi connectivity index (χ3n) is 1.26. The van der Waals surface area contributed by atoms with Gasteiger partial charge in [0, 0.05) is 12.6 Å². The predicted molar refractivity (Wildman–Crippen MR) is 43.8 cm³/mol. The van der Waals surface area contributed by atoms with Gasteiger partial charge in [-0.3, -0.25) is 4.79 Å². The average molecular weight is 155 g/mol. The van der Waals surface area contributed by atoms with Crippen molar-refractivity contribution in [3.8, 4) is 0 Å². The van der Waals surface area contributed by atoms with Crippen molar-refractivity contribution in [1.29, 1.82) is 0 Å². The van der Waals surface area contributed by atoms with E-state index in [-0.39, 0.29) is 12.5 Å². The molecular formula is C8H13NO2. The number of allylic oxidation sites excluding steroid dienone is 1. The molecule has 0 heterocycles. The van der Waals surface area contributed by atoms with Crippen LogP contribution in [0.5, 0.6) is 0 Å². The van der Waals surface area contributed by atoms with Crippen molar-refractivity contribution < 1.29 is 9.90 Å². The largest absolute Gasteiger partial charge is 0.392 e. The standard InChI is InChI=1S/C8H13NO2/c1-4-8(5-10)6(2)9-7(3)11/h4,10H,1,5H2,2-3H3,(H,9,11). The van der Waals surface area contributed by atoms with Gasteiger partial charge in [-0.15, -0.1) is 0 Å². The molecule has 0 aromatic carbocycles. The van der Waals surface area contributed by atoms with E-state index in [9.17, 15) is 4.79 Å². The smallest absolute Gasteiger partial charge is 0.220 e. The molecule has 1 amide bonds. The highest BCUT2D eigenvalue weighted by molar-refractivity contribution is 5.75. The SMILES string of the molecule is C=CC(CO)=C(C)NC(C)=O. The fourth-order valence-corrected chi connectivity index (χ4v) is 0.681. The first-order valence-electron chi connectivity index (χ1n) is 3.32. The summed E-state index contributed by atoms with van der Waals surface area (Å²) in [7, 11) is 0. The predicted octanol–water partition coefficient (Wildman–Crippen LogP) is 0.575. The fourth-order valence-electron chi connectivity index (χ4n) is 0.681. The minimum absolute atomic E-state index is 0.102. The molecular weight excluding hydrogens is 142 g/mol. The summed E-state index contributed by atoms with van der Waals surface area (Å²) in [5.74, 6) is -0.143. The van der Waals surface area contributed by atoms with Gasteiger partial charge in [-0.2, -0.15) is 0 Å². The molecule has 0 unspecified atom stereocenters. The summed E-state index contributed by atoms with van der Waals surface area (Å²) in [5.41, 5.74) is 1.29. The molecule has 0 bridgehead atoms. The second-order valence-corrected chi connectivity index (χ2v) is 2.19. The van der Waals surface area contributed by atoms with Crippen LogP contribution in [0.1, 0.15) is 13.8 Å². The van der Waals surface area contributed by atoms with Crippen LogP contribution in [0, 0.1) is 0 Å². The molecule has 0 rings (SSSR count). The van der Waals surface area contributed by atoms with Crippen molar-refractivity contribution in [3.05, 3.63) is 23.9 Å². The van der Waals surface area contributed by atoms with E-state index >= 15 is 0 Å². The first-order chi connectivity index (χ1) is 5.11. The van der Waals surface area contributed by atoms with Crippen LogP contribution in [0.3, 0.4) is 0 Å². The Hall–Kier alpha value is -1.09. The van der Waals surface area contributed by atoms with Crippen LogP contribution < -0.4 is 5.32 Å². The Labute approximate surface area is 66.4 Å². The van der Waals surface area contributed by atoms with Crippen LogP contribution in [0.4, 0.5) is 0 Å². The third kappa shape index (κ3) is 3.57. The maximum absolute atomic E-state index is 10.5. The molecule has 0 atom stereocenters. The molecule has 0 aliphatic rings. The van der Waals surface area contributed by atoms with E-state index in [1.807, 2.05) is 0 Å². The van der Waals surface area contributed by atoms with E-state index in [0.717, 1.165) is 0 Å². The summed E-state index contributed by atoms with van der Waals surface area (Å²) in [6.45, 7) is 6.52. The van der Waals surface area contributed by atoms with Gasteiger partial charge in [-0.25, -0.2) is 0 Å². The lowest BCUT2D eigenvalue weighted by Gasteiger charge is -2.05. The second kappa shape index (κ2) is 4.68. The molecule has 3 nitrogen and oxygen atoms in total. The number of nitrogens with one attached hydrogen (secondary N) is 1. The van der Waals surface area contributed by atoms with Crippen LogP contribution in [-0.4, -0.2) is 17.6 Å². The molecule has 0 aliphatic carbocycles. The number of rotatable bonds is 3. The fraction of sp³-hybridized carbons (Fsp3) is 0.375. The summed E-state index contributed by atoms with van der Waals surface area (Å²) < 4.78 is 0. The van der Waals surface area contributed by atoms with Crippen LogP contribution in [0.25, 0.3) is 0 Å². The average Bonchev–Trinajstić information content (AvgIpc) is 1.88. The Morgan fingerprint density at radius 2 is 2.18 bits per heavy atom. The quantitative estimate of drug-likeness (QED) is 0.585. The molecule has 0 aliphatic heterocycles. The highest BCUT2D eigenvalue weighted by atomic mass is 16.3. The Morgan fingerprint density at radius 1 is 1.64 bits per heavy atom. The van der Waals surface area contributed by atoms with Gasteiger partial charge >= 0.3 is 0 Å². The summed E-state index contributed by atoms with van der Waals surface area (Å²) in [5, 5.41) is 11.3. The highest BCUT2D eigenvalue weighted by Gasteiger charge is 1.97.